The number of halogens is 1. The molecule has 0 aliphatic carbocycles. The highest BCUT2D eigenvalue weighted by atomic mass is 35.5. The van der Waals surface area contributed by atoms with Crippen LogP contribution in [0.25, 0.3) is 0 Å². The van der Waals surface area contributed by atoms with Crippen LogP contribution in [0.3, 0.4) is 0 Å². The predicted octanol–water partition coefficient (Wildman–Crippen LogP) is 1.95. The van der Waals surface area contributed by atoms with Crippen LogP contribution >= 0.6 is 11.6 Å². The fourth-order valence-electron chi connectivity index (χ4n) is 1.27. The van der Waals surface area contributed by atoms with E-state index in [4.69, 9.17) is 26.8 Å². The van der Waals surface area contributed by atoms with Crippen molar-refractivity contribution >= 4 is 11.6 Å². The van der Waals surface area contributed by atoms with Gasteiger partial charge in [-0.2, -0.15) is 0 Å². The monoisotopic (exact) mass is 215 g/mol. The Kier molecular flexibility index (Phi) is 4.20. The molecule has 4 heteroatoms. The van der Waals surface area contributed by atoms with Gasteiger partial charge in [-0.15, -0.1) is 0 Å². The standard InChI is InChI=1S/C10H14ClNO2/c1-13-6-8-4-10(14-2)9(11)3-7(8)5-12/h3-4H,5-6,12H2,1-2H3. The number of rotatable bonds is 4. The van der Waals surface area contributed by atoms with Gasteiger partial charge in [0, 0.05) is 13.7 Å². The average molecular weight is 216 g/mol. The Morgan fingerprint density at radius 2 is 2.00 bits per heavy atom. The van der Waals surface area contributed by atoms with Gasteiger partial charge in [0.15, 0.2) is 0 Å². The first-order chi connectivity index (χ1) is 6.72. The number of hydrogen-bond acceptors (Lipinski definition) is 3. The summed E-state index contributed by atoms with van der Waals surface area (Å²) in [5, 5.41) is 0.577. The fraction of sp³-hybridized carbons (Fsp3) is 0.400. The maximum Gasteiger partial charge on any atom is 0.137 e. The first kappa shape index (κ1) is 11.3. The van der Waals surface area contributed by atoms with Gasteiger partial charge >= 0.3 is 0 Å². The zero-order chi connectivity index (χ0) is 10.6. The summed E-state index contributed by atoms with van der Waals surface area (Å²) in [6, 6.07) is 3.67. The van der Waals surface area contributed by atoms with E-state index in [9.17, 15) is 0 Å². The van der Waals surface area contributed by atoms with Gasteiger partial charge < -0.3 is 15.2 Å². The SMILES string of the molecule is COCc1cc(OC)c(Cl)cc1CN. The van der Waals surface area contributed by atoms with E-state index in [2.05, 4.69) is 0 Å². The molecule has 0 saturated carbocycles. The molecule has 0 aliphatic heterocycles. The van der Waals surface area contributed by atoms with Gasteiger partial charge in [0.2, 0.25) is 0 Å². The molecular formula is C10H14ClNO2. The molecule has 0 radical (unpaired) electrons. The molecule has 0 fully saturated rings. The maximum absolute atomic E-state index is 5.96. The van der Waals surface area contributed by atoms with Gasteiger partial charge in [-0.25, -0.2) is 0 Å². The van der Waals surface area contributed by atoms with Crippen molar-refractivity contribution in [1.82, 2.24) is 0 Å². The van der Waals surface area contributed by atoms with Crippen molar-refractivity contribution in [2.45, 2.75) is 13.2 Å². The summed E-state index contributed by atoms with van der Waals surface area (Å²) >= 11 is 5.96. The third-order valence-corrected chi connectivity index (χ3v) is 2.29. The lowest BCUT2D eigenvalue weighted by Gasteiger charge is -2.10. The summed E-state index contributed by atoms with van der Waals surface area (Å²) in [4.78, 5) is 0. The molecule has 1 aromatic carbocycles. The van der Waals surface area contributed by atoms with Crippen molar-refractivity contribution in [3.63, 3.8) is 0 Å². The summed E-state index contributed by atoms with van der Waals surface area (Å²) < 4.78 is 10.2. The van der Waals surface area contributed by atoms with Crippen LogP contribution in [0.1, 0.15) is 11.1 Å². The van der Waals surface area contributed by atoms with Gasteiger partial charge in [-0.3, -0.25) is 0 Å². The van der Waals surface area contributed by atoms with E-state index in [0.717, 1.165) is 11.1 Å². The highest BCUT2D eigenvalue weighted by molar-refractivity contribution is 6.32. The van der Waals surface area contributed by atoms with Crippen molar-refractivity contribution in [2.75, 3.05) is 14.2 Å². The van der Waals surface area contributed by atoms with Gasteiger partial charge in [-0.1, -0.05) is 11.6 Å². The highest BCUT2D eigenvalue weighted by Gasteiger charge is 2.07. The minimum atomic E-state index is 0.447. The van der Waals surface area contributed by atoms with E-state index in [1.807, 2.05) is 12.1 Å². The molecule has 0 heterocycles. The van der Waals surface area contributed by atoms with Gasteiger partial charge in [0.25, 0.3) is 0 Å². The molecule has 3 nitrogen and oxygen atoms in total. The Hall–Kier alpha value is -0.770. The number of hydrogen-bond donors (Lipinski definition) is 1. The second kappa shape index (κ2) is 5.20. The van der Waals surface area contributed by atoms with Crippen LogP contribution in [0, 0.1) is 0 Å². The fourth-order valence-corrected chi connectivity index (χ4v) is 1.54. The van der Waals surface area contributed by atoms with Crippen molar-refractivity contribution in [3.8, 4) is 5.75 Å². The molecule has 1 rings (SSSR count). The Morgan fingerprint density at radius 1 is 1.29 bits per heavy atom. The Bertz CT molecular complexity index is 315. The van der Waals surface area contributed by atoms with Crippen LogP contribution < -0.4 is 10.5 Å². The molecule has 2 N–H and O–H groups in total. The van der Waals surface area contributed by atoms with Crippen LogP contribution in [0.15, 0.2) is 12.1 Å². The minimum absolute atomic E-state index is 0.447. The Balaban J connectivity index is 3.11. The second-order valence-electron chi connectivity index (χ2n) is 2.89. The van der Waals surface area contributed by atoms with E-state index in [1.165, 1.54) is 0 Å². The summed E-state index contributed by atoms with van der Waals surface area (Å²) in [6.07, 6.45) is 0. The molecule has 0 spiro atoms. The van der Waals surface area contributed by atoms with Crippen molar-refractivity contribution < 1.29 is 9.47 Å². The van der Waals surface area contributed by atoms with Crippen molar-refractivity contribution in [2.24, 2.45) is 5.73 Å². The first-order valence-corrected chi connectivity index (χ1v) is 4.65. The first-order valence-electron chi connectivity index (χ1n) is 4.27. The minimum Gasteiger partial charge on any atom is -0.495 e. The highest BCUT2D eigenvalue weighted by Crippen LogP contribution is 2.28. The topological polar surface area (TPSA) is 44.5 Å². The second-order valence-corrected chi connectivity index (χ2v) is 3.30. The lowest BCUT2D eigenvalue weighted by Crippen LogP contribution is -2.03. The molecule has 0 amide bonds. The van der Waals surface area contributed by atoms with Crippen molar-refractivity contribution in [3.05, 3.63) is 28.3 Å². The summed E-state index contributed by atoms with van der Waals surface area (Å²) in [6.45, 7) is 0.961. The number of benzene rings is 1. The quantitative estimate of drug-likeness (QED) is 0.835. The molecule has 0 saturated heterocycles. The normalized spacial score (nSPS) is 10.3. The maximum atomic E-state index is 5.96. The van der Waals surface area contributed by atoms with E-state index >= 15 is 0 Å². The Morgan fingerprint density at radius 3 is 2.50 bits per heavy atom. The molecule has 0 aromatic heterocycles. The number of ether oxygens (including phenoxy) is 2. The van der Waals surface area contributed by atoms with E-state index < -0.39 is 0 Å². The van der Waals surface area contributed by atoms with E-state index in [1.54, 1.807) is 14.2 Å². The molecule has 78 valence electrons. The smallest absolute Gasteiger partial charge is 0.137 e. The zero-order valence-corrected chi connectivity index (χ0v) is 9.10. The molecule has 0 bridgehead atoms. The molecule has 0 unspecified atom stereocenters. The largest absolute Gasteiger partial charge is 0.495 e. The van der Waals surface area contributed by atoms with Crippen LogP contribution in [-0.2, 0) is 17.9 Å². The summed E-state index contributed by atoms with van der Waals surface area (Å²) in [5.41, 5.74) is 7.58. The molecule has 0 atom stereocenters. The van der Waals surface area contributed by atoms with Gasteiger partial charge in [0.1, 0.15) is 5.75 Å². The van der Waals surface area contributed by atoms with E-state index in [-0.39, 0.29) is 0 Å². The number of methoxy groups -OCH3 is 2. The van der Waals surface area contributed by atoms with Gasteiger partial charge in [-0.05, 0) is 23.3 Å². The molecule has 0 aliphatic rings. The van der Waals surface area contributed by atoms with Crippen LogP contribution in [-0.4, -0.2) is 14.2 Å². The third-order valence-electron chi connectivity index (χ3n) is 1.99. The van der Waals surface area contributed by atoms with Crippen LogP contribution in [0.4, 0.5) is 0 Å². The number of nitrogens with two attached hydrogens (primary N) is 1. The lowest BCUT2D eigenvalue weighted by molar-refractivity contribution is 0.184. The molecule has 14 heavy (non-hydrogen) atoms. The summed E-state index contributed by atoms with van der Waals surface area (Å²) in [7, 11) is 3.22. The molecule has 1 aromatic rings. The lowest BCUT2D eigenvalue weighted by atomic mass is 10.1. The van der Waals surface area contributed by atoms with Crippen molar-refractivity contribution in [1.29, 1.82) is 0 Å². The van der Waals surface area contributed by atoms with E-state index in [0.29, 0.717) is 23.9 Å². The molecular weight excluding hydrogens is 202 g/mol. The zero-order valence-electron chi connectivity index (χ0n) is 8.34. The predicted molar refractivity (Wildman–Crippen MR) is 56.6 cm³/mol. The average Bonchev–Trinajstić information content (AvgIpc) is 2.20. The van der Waals surface area contributed by atoms with Gasteiger partial charge in [0.05, 0.1) is 18.7 Å². The van der Waals surface area contributed by atoms with Crippen LogP contribution in [0.5, 0.6) is 5.75 Å². The Labute approximate surface area is 88.8 Å². The third kappa shape index (κ3) is 2.38. The van der Waals surface area contributed by atoms with Crippen LogP contribution in [0.2, 0.25) is 5.02 Å². The summed E-state index contributed by atoms with van der Waals surface area (Å²) in [5.74, 6) is 0.649.